The van der Waals surface area contributed by atoms with Crippen molar-refractivity contribution in [2.45, 2.75) is 0 Å². The number of aromatic amines is 1. The van der Waals surface area contributed by atoms with Crippen molar-refractivity contribution in [1.29, 1.82) is 0 Å². The Balaban J connectivity index is 0.00000156. The smallest absolute Gasteiger partial charge is 0.182 e. The highest BCUT2D eigenvalue weighted by atomic mass is 35.5. The number of hydrogen-bond acceptors (Lipinski definition) is 3. The highest BCUT2D eigenvalue weighted by Crippen LogP contribution is 2.39. The fraction of sp³-hybridized carbons (Fsp3) is 0.0556. The number of H-pyrrole nitrogens is 1. The highest BCUT2D eigenvalue weighted by Gasteiger charge is 2.16. The van der Waals surface area contributed by atoms with Gasteiger partial charge < -0.3 is 10.3 Å². The summed E-state index contributed by atoms with van der Waals surface area (Å²) in [7, 11) is 1.90. The lowest BCUT2D eigenvalue weighted by Gasteiger charge is -2.02. The molecule has 0 atom stereocenters. The number of fused-ring (bicyclic) bond motifs is 1. The number of para-hydroxylation sites is 1. The third-order valence-corrected chi connectivity index (χ3v) is 4.60. The number of thiazole rings is 1. The van der Waals surface area contributed by atoms with Gasteiger partial charge in [-0.25, -0.2) is 4.98 Å². The molecule has 2 N–H and O–H groups in total. The fourth-order valence-corrected chi connectivity index (χ4v) is 3.40. The predicted octanol–water partition coefficient (Wildman–Crippen LogP) is 5.42. The van der Waals surface area contributed by atoms with E-state index in [1.165, 1.54) is 16.5 Å². The van der Waals surface area contributed by atoms with Gasteiger partial charge in [0.25, 0.3) is 0 Å². The van der Waals surface area contributed by atoms with Crippen LogP contribution in [0.15, 0.2) is 60.0 Å². The third-order valence-electron chi connectivity index (χ3n) is 3.74. The molecule has 0 radical (unpaired) electrons. The Hall–Kier alpha value is -2.30. The number of anilines is 1. The van der Waals surface area contributed by atoms with Crippen molar-refractivity contribution in [1.82, 2.24) is 9.97 Å². The molecule has 116 valence electrons. The summed E-state index contributed by atoms with van der Waals surface area (Å²) < 4.78 is 0. The molecule has 0 unspecified atom stereocenters. The Labute approximate surface area is 144 Å². The molecule has 0 saturated carbocycles. The molecule has 0 amide bonds. The van der Waals surface area contributed by atoms with Crippen molar-refractivity contribution in [3.05, 3.63) is 60.0 Å². The Morgan fingerprint density at radius 1 is 1.00 bits per heavy atom. The maximum Gasteiger partial charge on any atom is 0.182 e. The average Bonchev–Trinajstić information content (AvgIpc) is 3.19. The molecule has 2 aromatic heterocycles. The second-order valence-electron chi connectivity index (χ2n) is 5.07. The van der Waals surface area contributed by atoms with Gasteiger partial charge in [-0.05, 0) is 11.6 Å². The predicted molar refractivity (Wildman–Crippen MR) is 102 cm³/mol. The van der Waals surface area contributed by atoms with Crippen LogP contribution in [0, 0.1) is 0 Å². The Bertz CT molecular complexity index is 928. The van der Waals surface area contributed by atoms with Crippen molar-refractivity contribution in [3.8, 4) is 22.5 Å². The van der Waals surface area contributed by atoms with E-state index in [4.69, 9.17) is 4.98 Å². The molecule has 0 bridgehead atoms. The van der Waals surface area contributed by atoms with Gasteiger partial charge in [0.15, 0.2) is 5.13 Å². The molecule has 0 spiro atoms. The zero-order chi connectivity index (χ0) is 14.9. The van der Waals surface area contributed by atoms with Gasteiger partial charge >= 0.3 is 0 Å². The standard InChI is InChI=1S/C18H15N3S.ClH/c1-19-18-21-15(11-22-18)16-13-9-5-6-10-14(13)20-17(16)12-7-3-2-4-8-12;/h2-11,20H,1H3,(H,19,21);1H. The van der Waals surface area contributed by atoms with Crippen LogP contribution in [-0.4, -0.2) is 17.0 Å². The molecular weight excluding hydrogens is 326 g/mol. The molecule has 3 nitrogen and oxygen atoms in total. The van der Waals surface area contributed by atoms with Gasteiger partial charge in [-0.2, -0.15) is 0 Å². The van der Waals surface area contributed by atoms with Crippen LogP contribution in [0.25, 0.3) is 33.4 Å². The van der Waals surface area contributed by atoms with E-state index >= 15 is 0 Å². The molecule has 23 heavy (non-hydrogen) atoms. The van der Waals surface area contributed by atoms with Crippen molar-refractivity contribution in [2.75, 3.05) is 12.4 Å². The fourth-order valence-electron chi connectivity index (χ4n) is 2.73. The lowest BCUT2D eigenvalue weighted by molar-refractivity contribution is 1.36. The lowest BCUT2D eigenvalue weighted by atomic mass is 10.0. The minimum absolute atomic E-state index is 0. The number of nitrogens with zero attached hydrogens (tertiary/aromatic N) is 1. The van der Waals surface area contributed by atoms with Gasteiger partial charge in [0, 0.05) is 28.9 Å². The topological polar surface area (TPSA) is 40.7 Å². The third kappa shape index (κ3) is 2.71. The Morgan fingerprint density at radius 2 is 1.74 bits per heavy atom. The summed E-state index contributed by atoms with van der Waals surface area (Å²) in [6.45, 7) is 0. The second kappa shape index (κ2) is 6.44. The van der Waals surface area contributed by atoms with Gasteiger partial charge in [-0.1, -0.05) is 48.5 Å². The van der Waals surface area contributed by atoms with Crippen LogP contribution in [-0.2, 0) is 0 Å². The van der Waals surface area contributed by atoms with E-state index in [1.54, 1.807) is 11.3 Å². The second-order valence-corrected chi connectivity index (χ2v) is 5.93. The van der Waals surface area contributed by atoms with Crippen molar-refractivity contribution in [2.24, 2.45) is 0 Å². The molecule has 0 aliphatic rings. The van der Waals surface area contributed by atoms with Crippen LogP contribution in [0.5, 0.6) is 0 Å². The quantitative estimate of drug-likeness (QED) is 0.522. The van der Waals surface area contributed by atoms with Gasteiger partial charge in [-0.3, -0.25) is 0 Å². The minimum atomic E-state index is 0. The Kier molecular flexibility index (Phi) is 4.37. The first kappa shape index (κ1) is 15.6. The molecule has 2 heterocycles. The molecule has 4 aromatic rings. The Morgan fingerprint density at radius 3 is 2.48 bits per heavy atom. The van der Waals surface area contributed by atoms with Gasteiger partial charge in [-0.15, -0.1) is 23.7 Å². The first-order valence-electron chi connectivity index (χ1n) is 7.16. The van der Waals surface area contributed by atoms with Crippen molar-refractivity contribution in [3.63, 3.8) is 0 Å². The van der Waals surface area contributed by atoms with Gasteiger partial charge in [0.2, 0.25) is 0 Å². The van der Waals surface area contributed by atoms with E-state index in [0.717, 1.165) is 22.0 Å². The SMILES string of the molecule is CNc1nc(-c2c(-c3ccccc3)[nH]c3ccccc23)cs1.Cl. The van der Waals surface area contributed by atoms with E-state index < -0.39 is 0 Å². The molecule has 0 saturated heterocycles. The molecule has 0 aliphatic heterocycles. The largest absolute Gasteiger partial charge is 0.365 e. The van der Waals surface area contributed by atoms with E-state index in [1.807, 2.05) is 13.1 Å². The van der Waals surface area contributed by atoms with Crippen LogP contribution in [0.1, 0.15) is 0 Å². The summed E-state index contributed by atoms with van der Waals surface area (Å²) in [4.78, 5) is 8.25. The molecule has 4 rings (SSSR count). The zero-order valence-corrected chi connectivity index (χ0v) is 14.2. The van der Waals surface area contributed by atoms with E-state index in [9.17, 15) is 0 Å². The zero-order valence-electron chi connectivity index (χ0n) is 12.5. The van der Waals surface area contributed by atoms with Gasteiger partial charge in [0.1, 0.15) is 0 Å². The summed E-state index contributed by atoms with van der Waals surface area (Å²) in [5.74, 6) is 0. The maximum absolute atomic E-state index is 4.69. The van der Waals surface area contributed by atoms with E-state index in [0.29, 0.717) is 0 Å². The summed E-state index contributed by atoms with van der Waals surface area (Å²) >= 11 is 1.62. The number of rotatable bonds is 3. The summed E-state index contributed by atoms with van der Waals surface area (Å²) in [6, 6.07) is 18.8. The van der Waals surface area contributed by atoms with Crippen LogP contribution in [0.2, 0.25) is 0 Å². The first-order valence-corrected chi connectivity index (χ1v) is 8.04. The van der Waals surface area contributed by atoms with E-state index in [2.05, 4.69) is 64.2 Å². The normalized spacial score (nSPS) is 10.5. The molecule has 0 fully saturated rings. The van der Waals surface area contributed by atoms with Crippen LogP contribution in [0.3, 0.4) is 0 Å². The van der Waals surface area contributed by atoms with Crippen LogP contribution < -0.4 is 5.32 Å². The van der Waals surface area contributed by atoms with Crippen molar-refractivity contribution < 1.29 is 0 Å². The molecule has 0 aliphatic carbocycles. The average molecular weight is 342 g/mol. The number of benzene rings is 2. The minimum Gasteiger partial charge on any atom is -0.365 e. The lowest BCUT2D eigenvalue weighted by Crippen LogP contribution is -1.87. The summed E-state index contributed by atoms with van der Waals surface area (Å²) in [5.41, 5.74) is 5.60. The molecule has 2 aromatic carbocycles. The van der Waals surface area contributed by atoms with Crippen molar-refractivity contribution >= 4 is 39.8 Å². The van der Waals surface area contributed by atoms with Gasteiger partial charge in [0.05, 0.1) is 11.4 Å². The first-order chi connectivity index (χ1) is 10.9. The van der Waals surface area contributed by atoms with Crippen LogP contribution >= 0.6 is 23.7 Å². The molecular formula is C18H16ClN3S. The number of halogens is 1. The number of hydrogen-bond donors (Lipinski definition) is 2. The summed E-state index contributed by atoms with van der Waals surface area (Å²) in [6.07, 6.45) is 0. The highest BCUT2D eigenvalue weighted by molar-refractivity contribution is 7.14. The van der Waals surface area contributed by atoms with Crippen LogP contribution in [0.4, 0.5) is 5.13 Å². The molecule has 5 heteroatoms. The number of aromatic nitrogens is 2. The number of nitrogens with one attached hydrogen (secondary N) is 2. The summed E-state index contributed by atoms with van der Waals surface area (Å²) in [5, 5.41) is 7.35. The maximum atomic E-state index is 4.69. The van der Waals surface area contributed by atoms with E-state index in [-0.39, 0.29) is 12.4 Å². The monoisotopic (exact) mass is 341 g/mol.